The van der Waals surface area contributed by atoms with E-state index in [-0.39, 0.29) is 43.4 Å². The maximum atomic E-state index is 12.6. The molecule has 1 aliphatic heterocycles. The number of methoxy groups -OCH3 is 1. The zero-order valence-electron chi connectivity index (χ0n) is 17.0. The number of hydrogen-bond donors (Lipinski definition) is 2. The summed E-state index contributed by atoms with van der Waals surface area (Å²) in [5, 5.41) is 22.5. The summed E-state index contributed by atoms with van der Waals surface area (Å²) in [6, 6.07) is 0. The van der Waals surface area contributed by atoms with Gasteiger partial charge in [-0.05, 0) is 13.8 Å². The predicted molar refractivity (Wildman–Crippen MR) is 101 cm³/mol. The molecule has 4 aliphatic rings. The van der Waals surface area contributed by atoms with Gasteiger partial charge in [-0.25, -0.2) is 0 Å². The van der Waals surface area contributed by atoms with Crippen molar-refractivity contribution in [2.24, 2.45) is 29.1 Å². The monoisotopic (exact) mass is 404 g/mol. The quantitative estimate of drug-likeness (QED) is 0.537. The molecule has 1 heterocycles. The molecule has 158 valence electrons. The first-order valence-corrected chi connectivity index (χ1v) is 10.1. The van der Waals surface area contributed by atoms with Crippen molar-refractivity contribution >= 4 is 17.7 Å². The van der Waals surface area contributed by atoms with Crippen LogP contribution in [0.15, 0.2) is 23.8 Å². The molecule has 29 heavy (non-hydrogen) atoms. The molecule has 0 amide bonds. The van der Waals surface area contributed by atoms with E-state index in [2.05, 4.69) is 6.58 Å². The van der Waals surface area contributed by atoms with E-state index in [0.29, 0.717) is 11.1 Å². The summed E-state index contributed by atoms with van der Waals surface area (Å²) >= 11 is 0. The Morgan fingerprint density at radius 2 is 2.14 bits per heavy atom. The Bertz CT molecular complexity index is 825. The van der Waals surface area contributed by atoms with Crippen LogP contribution in [0.4, 0.5) is 0 Å². The van der Waals surface area contributed by atoms with E-state index in [1.807, 2.05) is 0 Å². The van der Waals surface area contributed by atoms with Crippen LogP contribution in [0.5, 0.6) is 0 Å². The number of fused-ring (bicyclic) bond motifs is 1. The highest BCUT2D eigenvalue weighted by Gasteiger charge is 2.71. The largest absolute Gasteiger partial charge is 0.469 e. The van der Waals surface area contributed by atoms with Gasteiger partial charge in [0.1, 0.15) is 11.9 Å². The van der Waals surface area contributed by atoms with E-state index < -0.39 is 46.9 Å². The number of aliphatic hydroxyl groups is 2. The molecule has 1 saturated heterocycles. The van der Waals surface area contributed by atoms with Gasteiger partial charge >= 0.3 is 11.9 Å². The molecular weight excluding hydrogens is 376 g/mol. The smallest absolute Gasteiger partial charge is 0.313 e. The molecule has 8 atom stereocenters. The van der Waals surface area contributed by atoms with Gasteiger partial charge in [0.2, 0.25) is 0 Å². The molecule has 0 bridgehead atoms. The zero-order chi connectivity index (χ0) is 21.3. The molecule has 0 aromatic rings. The number of carbonyl (C=O) groups is 3. The average molecular weight is 404 g/mol. The number of rotatable bonds is 4. The van der Waals surface area contributed by atoms with Gasteiger partial charge in [-0.1, -0.05) is 23.8 Å². The molecule has 1 spiro atoms. The lowest BCUT2D eigenvalue weighted by atomic mass is 9.52. The van der Waals surface area contributed by atoms with E-state index in [1.165, 1.54) is 7.11 Å². The summed E-state index contributed by atoms with van der Waals surface area (Å²) in [6.07, 6.45) is 0.655. The minimum Gasteiger partial charge on any atom is -0.469 e. The van der Waals surface area contributed by atoms with Crippen LogP contribution in [0.25, 0.3) is 0 Å². The first-order valence-electron chi connectivity index (χ1n) is 10.1. The van der Waals surface area contributed by atoms with Crippen LogP contribution in [-0.4, -0.2) is 52.9 Å². The van der Waals surface area contributed by atoms with Crippen molar-refractivity contribution in [3.63, 3.8) is 0 Å². The van der Waals surface area contributed by atoms with Crippen LogP contribution in [0.1, 0.15) is 39.5 Å². The maximum Gasteiger partial charge on any atom is 0.313 e. The third kappa shape index (κ3) is 2.74. The number of ether oxygens (including phenoxy) is 2. The highest BCUT2D eigenvalue weighted by atomic mass is 16.6. The lowest BCUT2D eigenvalue weighted by Crippen LogP contribution is -2.55. The summed E-state index contributed by atoms with van der Waals surface area (Å²) in [5.41, 5.74) is -0.960. The van der Waals surface area contributed by atoms with Crippen LogP contribution in [0.2, 0.25) is 0 Å². The minimum atomic E-state index is -1.22. The van der Waals surface area contributed by atoms with Crippen molar-refractivity contribution in [2.45, 2.75) is 57.3 Å². The van der Waals surface area contributed by atoms with Gasteiger partial charge in [0.15, 0.2) is 0 Å². The molecule has 0 aromatic heterocycles. The molecule has 2 saturated carbocycles. The first-order chi connectivity index (χ1) is 13.5. The highest BCUT2D eigenvalue weighted by Crippen LogP contribution is 2.67. The first kappa shape index (κ1) is 20.3. The zero-order valence-corrected chi connectivity index (χ0v) is 17.0. The Hall–Kier alpha value is -1.99. The number of allylic oxidation sites excluding steroid dienone is 1. The number of Topliss-reactive ketones (excluding diaryl/α,β-unsaturated/α-hetero) is 1. The van der Waals surface area contributed by atoms with Crippen LogP contribution in [0.3, 0.4) is 0 Å². The number of ketones is 1. The third-order valence-electron chi connectivity index (χ3n) is 7.58. The number of hydrogen-bond acceptors (Lipinski definition) is 7. The van der Waals surface area contributed by atoms with Gasteiger partial charge in [0, 0.05) is 42.4 Å². The summed E-state index contributed by atoms with van der Waals surface area (Å²) in [5.74, 6) is -2.80. The minimum absolute atomic E-state index is 0.00888. The number of aliphatic hydroxyl groups excluding tert-OH is 1. The Balaban J connectivity index is 1.93. The fourth-order valence-electron chi connectivity index (χ4n) is 6.61. The van der Waals surface area contributed by atoms with Gasteiger partial charge in [-0.2, -0.15) is 0 Å². The van der Waals surface area contributed by atoms with E-state index in [1.54, 1.807) is 19.9 Å². The summed E-state index contributed by atoms with van der Waals surface area (Å²) in [4.78, 5) is 37.2. The fraction of sp³-hybridized carbons (Fsp3) is 0.682. The lowest BCUT2D eigenvalue weighted by molar-refractivity contribution is -0.146. The lowest BCUT2D eigenvalue weighted by Gasteiger charge is -2.52. The molecule has 7 nitrogen and oxygen atoms in total. The second-order valence-corrected chi connectivity index (χ2v) is 9.39. The predicted octanol–water partition coefficient (Wildman–Crippen LogP) is 1.32. The molecule has 8 unspecified atom stereocenters. The van der Waals surface area contributed by atoms with Gasteiger partial charge < -0.3 is 19.7 Å². The summed E-state index contributed by atoms with van der Waals surface area (Å²) in [7, 11) is 1.30. The van der Waals surface area contributed by atoms with Gasteiger partial charge in [0.25, 0.3) is 0 Å². The van der Waals surface area contributed by atoms with Crippen molar-refractivity contribution in [1.29, 1.82) is 0 Å². The average Bonchev–Trinajstić information content (AvgIpc) is 3.17. The van der Waals surface area contributed by atoms with Crippen LogP contribution in [0, 0.1) is 29.1 Å². The van der Waals surface area contributed by atoms with Crippen molar-refractivity contribution in [2.75, 3.05) is 7.11 Å². The molecule has 3 fully saturated rings. The van der Waals surface area contributed by atoms with Gasteiger partial charge in [0.05, 0.1) is 31.2 Å². The molecule has 4 rings (SSSR count). The van der Waals surface area contributed by atoms with E-state index >= 15 is 0 Å². The van der Waals surface area contributed by atoms with Crippen molar-refractivity contribution in [3.8, 4) is 0 Å². The van der Waals surface area contributed by atoms with Crippen LogP contribution in [-0.2, 0) is 23.9 Å². The Labute approximate surface area is 169 Å². The number of carbonyl (C=O) groups excluding carboxylic acids is 3. The SMILES string of the molecule is C=C(C)C(CC(=O)OC)C1=CC2C(=O)OC3CC(C)(O)C(C32)C12CC(=O)CC2O. The Kier molecular flexibility index (Phi) is 4.55. The molecule has 3 aliphatic carbocycles. The molecule has 0 radical (unpaired) electrons. The van der Waals surface area contributed by atoms with Crippen molar-refractivity contribution in [3.05, 3.63) is 23.8 Å². The Morgan fingerprint density at radius 3 is 2.69 bits per heavy atom. The van der Waals surface area contributed by atoms with E-state index in [9.17, 15) is 24.6 Å². The van der Waals surface area contributed by atoms with Gasteiger partial charge in [-0.15, -0.1) is 0 Å². The second kappa shape index (κ2) is 6.51. The topological polar surface area (TPSA) is 110 Å². The molecule has 0 aromatic carbocycles. The molecule has 7 heteroatoms. The standard InChI is InChI=1S/C22H28O7/c1-10(2)12(7-17(25)28-4)14-6-13-18-15(29-20(13)26)9-21(3,27)19(18)22(14)8-11(23)5-16(22)24/h6,12-13,15-16,18-19,24,27H,1,5,7-9H2,2-4H3. The van der Waals surface area contributed by atoms with Crippen LogP contribution < -0.4 is 0 Å². The normalized spacial score (nSPS) is 43.8. The number of esters is 2. The summed E-state index contributed by atoms with van der Waals surface area (Å²) in [6.45, 7) is 7.49. The second-order valence-electron chi connectivity index (χ2n) is 9.39. The van der Waals surface area contributed by atoms with Crippen molar-refractivity contribution < 1.29 is 34.1 Å². The van der Waals surface area contributed by atoms with E-state index in [4.69, 9.17) is 9.47 Å². The third-order valence-corrected chi connectivity index (χ3v) is 7.58. The highest BCUT2D eigenvalue weighted by molar-refractivity contribution is 5.85. The van der Waals surface area contributed by atoms with Crippen molar-refractivity contribution in [1.82, 2.24) is 0 Å². The fourth-order valence-corrected chi connectivity index (χ4v) is 6.61. The molecule has 2 N–H and O–H groups in total. The maximum absolute atomic E-state index is 12.6. The molecular formula is C22H28O7. The van der Waals surface area contributed by atoms with Crippen LogP contribution >= 0.6 is 0 Å². The summed E-state index contributed by atoms with van der Waals surface area (Å²) < 4.78 is 10.4. The van der Waals surface area contributed by atoms with Gasteiger partial charge in [-0.3, -0.25) is 14.4 Å². The Morgan fingerprint density at radius 1 is 1.45 bits per heavy atom. The van der Waals surface area contributed by atoms with E-state index in [0.717, 1.165) is 0 Å².